The van der Waals surface area contributed by atoms with E-state index in [1.54, 1.807) is 45.3 Å². The van der Waals surface area contributed by atoms with E-state index in [2.05, 4.69) is 25.4 Å². The molecule has 4 heterocycles. The molecule has 0 aliphatic heterocycles. The highest BCUT2D eigenvalue weighted by molar-refractivity contribution is 5.90. The van der Waals surface area contributed by atoms with Crippen LogP contribution >= 0.6 is 0 Å². The van der Waals surface area contributed by atoms with Gasteiger partial charge in [-0.15, -0.1) is 0 Å². The Balaban J connectivity index is 1.77. The summed E-state index contributed by atoms with van der Waals surface area (Å²) in [7, 11) is 0. The SMILES string of the molecule is Cc1ccc(F)c(-c2cc(Nc3c(F)cnc4cn(CC(C)(C)O)nc34)c(C)cn2)n1. The predicted molar refractivity (Wildman–Crippen MR) is 114 cm³/mol. The van der Waals surface area contributed by atoms with E-state index >= 15 is 0 Å². The first-order chi connectivity index (χ1) is 14.6. The average Bonchev–Trinajstić information content (AvgIpc) is 3.08. The second kappa shape index (κ2) is 7.66. The summed E-state index contributed by atoms with van der Waals surface area (Å²) in [5.74, 6) is -1.07. The van der Waals surface area contributed by atoms with Crippen molar-refractivity contribution in [1.82, 2.24) is 24.7 Å². The number of aliphatic hydroxyl groups is 1. The second-order valence-electron chi connectivity index (χ2n) is 8.15. The van der Waals surface area contributed by atoms with Gasteiger partial charge in [0, 0.05) is 17.6 Å². The van der Waals surface area contributed by atoms with Crippen molar-refractivity contribution in [3.05, 3.63) is 59.7 Å². The monoisotopic (exact) mass is 424 g/mol. The molecule has 0 fully saturated rings. The highest BCUT2D eigenvalue weighted by Gasteiger charge is 2.19. The molecular weight excluding hydrogens is 402 g/mol. The summed E-state index contributed by atoms with van der Waals surface area (Å²) < 4.78 is 30.5. The minimum absolute atomic E-state index is 0.123. The third kappa shape index (κ3) is 4.36. The number of nitrogens with zero attached hydrogens (tertiary/aromatic N) is 5. The van der Waals surface area contributed by atoms with Gasteiger partial charge in [0.15, 0.2) is 11.6 Å². The molecule has 0 aliphatic carbocycles. The molecule has 0 unspecified atom stereocenters. The molecule has 160 valence electrons. The molecule has 0 radical (unpaired) electrons. The number of rotatable bonds is 5. The van der Waals surface area contributed by atoms with Crippen LogP contribution in [-0.2, 0) is 6.54 Å². The van der Waals surface area contributed by atoms with Crippen LogP contribution in [0.15, 0.2) is 36.8 Å². The lowest BCUT2D eigenvalue weighted by atomic mass is 10.1. The number of halogens is 2. The summed E-state index contributed by atoms with van der Waals surface area (Å²) in [4.78, 5) is 12.6. The van der Waals surface area contributed by atoms with Gasteiger partial charge in [-0.2, -0.15) is 5.10 Å². The van der Waals surface area contributed by atoms with Crippen molar-refractivity contribution in [1.29, 1.82) is 0 Å². The van der Waals surface area contributed by atoms with Crippen molar-refractivity contribution in [3.63, 3.8) is 0 Å². The van der Waals surface area contributed by atoms with Crippen molar-refractivity contribution < 1.29 is 13.9 Å². The van der Waals surface area contributed by atoms with Crippen molar-refractivity contribution >= 4 is 22.4 Å². The second-order valence-corrected chi connectivity index (χ2v) is 8.15. The number of anilines is 2. The summed E-state index contributed by atoms with van der Waals surface area (Å²) in [6, 6.07) is 4.55. The van der Waals surface area contributed by atoms with Crippen LogP contribution in [0.1, 0.15) is 25.1 Å². The fourth-order valence-corrected chi connectivity index (χ4v) is 3.23. The fourth-order valence-electron chi connectivity index (χ4n) is 3.23. The molecule has 4 rings (SSSR count). The molecule has 0 saturated carbocycles. The van der Waals surface area contributed by atoms with Gasteiger partial charge in [0.25, 0.3) is 0 Å². The molecule has 7 nitrogen and oxygen atoms in total. The molecule has 9 heteroatoms. The van der Waals surface area contributed by atoms with Crippen LogP contribution in [-0.4, -0.2) is 35.4 Å². The first-order valence-electron chi connectivity index (χ1n) is 9.72. The molecule has 0 aromatic carbocycles. The van der Waals surface area contributed by atoms with Crippen LogP contribution in [0.2, 0.25) is 0 Å². The van der Waals surface area contributed by atoms with Gasteiger partial charge in [0.05, 0.1) is 30.2 Å². The Kier molecular flexibility index (Phi) is 5.14. The molecule has 2 N–H and O–H groups in total. The highest BCUT2D eigenvalue weighted by Crippen LogP contribution is 2.31. The van der Waals surface area contributed by atoms with Gasteiger partial charge in [-0.05, 0) is 51.5 Å². The predicted octanol–water partition coefficient (Wildman–Crippen LogP) is 4.30. The summed E-state index contributed by atoms with van der Waals surface area (Å²) in [6.45, 7) is 7.12. The third-order valence-corrected chi connectivity index (χ3v) is 4.67. The maximum atomic E-state index is 14.7. The Bertz CT molecular complexity index is 1280. The van der Waals surface area contributed by atoms with Crippen LogP contribution in [0.5, 0.6) is 0 Å². The van der Waals surface area contributed by atoms with E-state index in [-0.39, 0.29) is 17.9 Å². The lowest BCUT2D eigenvalue weighted by Crippen LogP contribution is -2.26. The third-order valence-electron chi connectivity index (χ3n) is 4.67. The Labute approximate surface area is 177 Å². The smallest absolute Gasteiger partial charge is 0.167 e. The van der Waals surface area contributed by atoms with Gasteiger partial charge < -0.3 is 10.4 Å². The van der Waals surface area contributed by atoms with E-state index in [0.717, 1.165) is 11.8 Å². The van der Waals surface area contributed by atoms with Gasteiger partial charge in [-0.1, -0.05) is 0 Å². The molecule has 0 bridgehead atoms. The van der Waals surface area contributed by atoms with E-state index in [1.807, 2.05) is 6.92 Å². The van der Waals surface area contributed by atoms with Crippen LogP contribution in [0, 0.1) is 25.5 Å². The summed E-state index contributed by atoms with van der Waals surface area (Å²) in [5.41, 5.74) is 2.33. The van der Waals surface area contributed by atoms with E-state index in [9.17, 15) is 13.9 Å². The Morgan fingerprint density at radius 1 is 1.10 bits per heavy atom. The van der Waals surface area contributed by atoms with E-state index in [1.165, 1.54) is 10.7 Å². The number of hydrogen-bond donors (Lipinski definition) is 2. The van der Waals surface area contributed by atoms with Gasteiger partial charge in [-0.25, -0.2) is 18.7 Å². The first kappa shape index (κ1) is 20.8. The molecular formula is C22H22F2N6O. The molecule has 0 spiro atoms. The Morgan fingerprint density at radius 2 is 1.87 bits per heavy atom. The maximum absolute atomic E-state index is 14.7. The van der Waals surface area contributed by atoms with Gasteiger partial charge in [0.2, 0.25) is 0 Å². The first-order valence-corrected chi connectivity index (χ1v) is 9.72. The number of aryl methyl sites for hydroxylation is 2. The standard InChI is InChI=1S/C22H22F2N6O/c1-12-8-25-17(19-14(23)6-5-13(2)27-19)7-16(12)28-20-15(24)9-26-18-10-30(29-21(18)20)11-22(3,4)31/h5-10,31H,11H2,1-4H3,(H,25,28). The molecule has 0 saturated heterocycles. The van der Waals surface area contributed by atoms with Crippen molar-refractivity contribution in [2.24, 2.45) is 0 Å². The summed E-state index contributed by atoms with van der Waals surface area (Å²) in [5, 5.41) is 17.5. The molecule has 4 aromatic rings. The van der Waals surface area contributed by atoms with Crippen LogP contribution in [0.25, 0.3) is 22.4 Å². The Morgan fingerprint density at radius 3 is 2.61 bits per heavy atom. The molecule has 0 atom stereocenters. The number of aromatic nitrogens is 5. The number of fused-ring (bicyclic) bond motifs is 1. The van der Waals surface area contributed by atoms with Crippen LogP contribution in [0.4, 0.5) is 20.2 Å². The zero-order chi connectivity index (χ0) is 22.3. The van der Waals surface area contributed by atoms with Crippen molar-refractivity contribution in [3.8, 4) is 11.4 Å². The minimum Gasteiger partial charge on any atom is -0.389 e. The van der Waals surface area contributed by atoms with Gasteiger partial charge >= 0.3 is 0 Å². The lowest BCUT2D eigenvalue weighted by molar-refractivity contribution is 0.0580. The van der Waals surface area contributed by atoms with Gasteiger partial charge in [-0.3, -0.25) is 9.67 Å². The van der Waals surface area contributed by atoms with Gasteiger partial charge in [0.1, 0.15) is 22.4 Å². The normalized spacial score (nSPS) is 11.8. The maximum Gasteiger partial charge on any atom is 0.167 e. The zero-order valence-corrected chi connectivity index (χ0v) is 17.6. The number of nitrogens with one attached hydrogen (secondary N) is 1. The number of pyridine rings is 3. The number of hydrogen-bond acceptors (Lipinski definition) is 6. The molecule has 0 amide bonds. The average molecular weight is 424 g/mol. The van der Waals surface area contributed by atoms with Crippen molar-refractivity contribution in [2.75, 3.05) is 5.32 Å². The minimum atomic E-state index is -0.990. The Hall–Kier alpha value is -3.46. The zero-order valence-electron chi connectivity index (χ0n) is 17.6. The van der Waals surface area contributed by atoms with Crippen molar-refractivity contribution in [2.45, 2.75) is 39.8 Å². The topological polar surface area (TPSA) is 88.8 Å². The van der Waals surface area contributed by atoms with E-state index in [4.69, 9.17) is 0 Å². The fraction of sp³-hybridized carbons (Fsp3) is 0.273. The lowest BCUT2D eigenvalue weighted by Gasteiger charge is -2.16. The van der Waals surface area contributed by atoms with E-state index in [0.29, 0.717) is 28.1 Å². The summed E-state index contributed by atoms with van der Waals surface area (Å²) in [6.07, 6.45) is 4.33. The van der Waals surface area contributed by atoms with Crippen LogP contribution in [0.3, 0.4) is 0 Å². The van der Waals surface area contributed by atoms with E-state index < -0.39 is 17.2 Å². The van der Waals surface area contributed by atoms with Crippen LogP contribution < -0.4 is 5.32 Å². The highest BCUT2D eigenvalue weighted by atomic mass is 19.1. The molecule has 4 aromatic heterocycles. The quantitative estimate of drug-likeness (QED) is 0.497. The largest absolute Gasteiger partial charge is 0.389 e. The molecule has 31 heavy (non-hydrogen) atoms. The summed E-state index contributed by atoms with van der Waals surface area (Å²) >= 11 is 0. The molecule has 0 aliphatic rings.